The number of hydrogen-bond acceptors (Lipinski definition) is 6. The molecule has 4 heterocycles. The number of amides is 2. The van der Waals surface area contributed by atoms with Crippen LogP contribution in [0.5, 0.6) is 0 Å². The Morgan fingerprint density at radius 2 is 1.88 bits per heavy atom. The van der Waals surface area contributed by atoms with Crippen molar-refractivity contribution in [2.75, 3.05) is 57.0 Å². The van der Waals surface area contributed by atoms with Gasteiger partial charge in [0.15, 0.2) is 5.82 Å². The summed E-state index contributed by atoms with van der Waals surface area (Å²) >= 11 is 0. The second kappa shape index (κ2) is 10.0. The lowest BCUT2D eigenvalue weighted by Gasteiger charge is -2.37. The molecule has 34 heavy (non-hydrogen) atoms. The number of nitrogen functional groups attached to an aromatic ring is 1. The number of ether oxygens (including phenoxy) is 1. The van der Waals surface area contributed by atoms with Gasteiger partial charge >= 0.3 is 6.03 Å². The number of nitrogens with one attached hydrogen (secondary N) is 1. The number of nitrogens with two attached hydrogens (primary N) is 1. The summed E-state index contributed by atoms with van der Waals surface area (Å²) in [6.07, 6.45) is 4.15. The molecule has 2 saturated heterocycles. The Labute approximate surface area is 200 Å². The Balaban J connectivity index is 1.24. The molecule has 2 aromatic heterocycles. The summed E-state index contributed by atoms with van der Waals surface area (Å²) in [5.41, 5.74) is 7.94. The number of hydrogen-bond donors (Lipinski definition) is 2. The normalized spacial score (nSPS) is 17.6. The van der Waals surface area contributed by atoms with Gasteiger partial charge in [0.1, 0.15) is 11.3 Å². The number of benzene rings is 1. The molecule has 0 spiro atoms. The van der Waals surface area contributed by atoms with Crippen molar-refractivity contribution < 1.29 is 9.53 Å². The number of rotatable bonds is 6. The summed E-state index contributed by atoms with van der Waals surface area (Å²) in [5.74, 6) is 2.12. The molecule has 9 nitrogen and oxygen atoms in total. The number of carbonyl (C=O) groups excluding carboxylic acids is 1. The Kier molecular flexibility index (Phi) is 6.71. The second-order valence-corrected chi connectivity index (χ2v) is 9.34. The maximum Gasteiger partial charge on any atom is 0.320 e. The fourth-order valence-electron chi connectivity index (χ4n) is 5.18. The quantitative estimate of drug-likeness (QED) is 0.577. The molecule has 0 bridgehead atoms. The number of urea groups is 1. The first-order valence-corrected chi connectivity index (χ1v) is 12.6. The largest absolute Gasteiger partial charge is 0.382 e. The average molecular weight is 466 g/mol. The highest BCUT2D eigenvalue weighted by Gasteiger charge is 2.27. The van der Waals surface area contributed by atoms with E-state index >= 15 is 0 Å². The van der Waals surface area contributed by atoms with Crippen molar-refractivity contribution in [1.29, 1.82) is 0 Å². The lowest BCUT2D eigenvalue weighted by Crippen LogP contribution is -2.50. The summed E-state index contributed by atoms with van der Waals surface area (Å²) in [6, 6.07) is 8.28. The van der Waals surface area contributed by atoms with Gasteiger partial charge in [-0.3, -0.25) is 0 Å². The molecule has 2 fully saturated rings. The number of aromatic nitrogens is 3. The van der Waals surface area contributed by atoms with Crippen LogP contribution in [0.3, 0.4) is 0 Å². The molecule has 0 saturated carbocycles. The van der Waals surface area contributed by atoms with Crippen LogP contribution in [0.25, 0.3) is 21.8 Å². The highest BCUT2D eigenvalue weighted by Crippen LogP contribution is 2.34. The maximum atomic E-state index is 12.7. The van der Waals surface area contributed by atoms with Crippen molar-refractivity contribution in [2.24, 2.45) is 5.92 Å². The lowest BCUT2D eigenvalue weighted by atomic mass is 9.93. The van der Waals surface area contributed by atoms with E-state index in [1.165, 1.54) is 0 Å². The molecular weight excluding hydrogens is 430 g/mol. The summed E-state index contributed by atoms with van der Waals surface area (Å²) in [4.78, 5) is 21.2. The van der Waals surface area contributed by atoms with Crippen molar-refractivity contribution in [2.45, 2.75) is 39.2 Å². The van der Waals surface area contributed by atoms with Gasteiger partial charge in [0.05, 0.1) is 24.1 Å². The minimum atomic E-state index is 0.174. The maximum absolute atomic E-state index is 12.7. The number of nitrogens with zero attached hydrogens (tertiary/aromatic N) is 5. The van der Waals surface area contributed by atoms with E-state index in [-0.39, 0.29) is 6.03 Å². The zero-order chi connectivity index (χ0) is 23.5. The Hall–Kier alpha value is -3.07. The molecule has 2 amide bonds. The minimum Gasteiger partial charge on any atom is -0.382 e. The van der Waals surface area contributed by atoms with Crippen molar-refractivity contribution >= 4 is 39.5 Å². The number of para-hydroxylation sites is 1. The van der Waals surface area contributed by atoms with E-state index in [4.69, 9.17) is 15.6 Å². The number of anilines is 2. The number of piperidine rings is 1. The third-order valence-electron chi connectivity index (χ3n) is 7.06. The monoisotopic (exact) mass is 465 g/mol. The summed E-state index contributed by atoms with van der Waals surface area (Å²) in [7, 11) is 0. The van der Waals surface area contributed by atoms with Gasteiger partial charge in [-0.25, -0.2) is 14.5 Å². The third kappa shape index (κ3) is 4.49. The predicted molar refractivity (Wildman–Crippen MR) is 135 cm³/mol. The fraction of sp³-hybridized carbons (Fsp3) is 0.560. The van der Waals surface area contributed by atoms with Gasteiger partial charge in [-0.05, 0) is 37.7 Å². The van der Waals surface area contributed by atoms with Gasteiger partial charge < -0.3 is 25.6 Å². The van der Waals surface area contributed by atoms with Crippen LogP contribution in [-0.2, 0) is 11.3 Å². The summed E-state index contributed by atoms with van der Waals surface area (Å²) in [6.45, 7) is 8.22. The Morgan fingerprint density at radius 1 is 1.15 bits per heavy atom. The zero-order valence-electron chi connectivity index (χ0n) is 20.0. The van der Waals surface area contributed by atoms with E-state index in [2.05, 4.69) is 23.3 Å². The van der Waals surface area contributed by atoms with Gasteiger partial charge in [0.25, 0.3) is 0 Å². The van der Waals surface area contributed by atoms with Gasteiger partial charge in [0, 0.05) is 44.7 Å². The van der Waals surface area contributed by atoms with Crippen LogP contribution in [0.15, 0.2) is 24.3 Å². The first-order chi connectivity index (χ1) is 16.7. The van der Waals surface area contributed by atoms with Gasteiger partial charge in [-0.2, -0.15) is 5.10 Å². The number of pyridine rings is 1. The molecular formula is C25H35N7O2. The van der Waals surface area contributed by atoms with Crippen molar-refractivity contribution in [1.82, 2.24) is 24.6 Å². The van der Waals surface area contributed by atoms with E-state index < -0.39 is 0 Å². The van der Waals surface area contributed by atoms with Crippen LogP contribution in [0.1, 0.15) is 32.6 Å². The zero-order valence-corrected chi connectivity index (χ0v) is 20.0. The van der Waals surface area contributed by atoms with Gasteiger partial charge in [-0.15, -0.1) is 0 Å². The molecule has 2 aliphatic rings. The highest BCUT2D eigenvalue weighted by atomic mass is 16.5. The molecule has 9 heteroatoms. The van der Waals surface area contributed by atoms with Crippen LogP contribution in [-0.4, -0.2) is 76.5 Å². The van der Waals surface area contributed by atoms with Crippen LogP contribution in [0, 0.1) is 5.92 Å². The van der Waals surface area contributed by atoms with Crippen LogP contribution >= 0.6 is 0 Å². The van der Waals surface area contributed by atoms with E-state index in [1.807, 2.05) is 32.7 Å². The predicted octanol–water partition coefficient (Wildman–Crippen LogP) is 3.54. The molecule has 0 aliphatic carbocycles. The molecule has 0 atom stereocenters. The van der Waals surface area contributed by atoms with Crippen LogP contribution in [0.2, 0.25) is 0 Å². The molecule has 0 radical (unpaired) electrons. The first-order valence-electron chi connectivity index (χ1n) is 12.6. The van der Waals surface area contributed by atoms with E-state index in [0.717, 1.165) is 79.5 Å². The minimum absolute atomic E-state index is 0.174. The van der Waals surface area contributed by atoms with E-state index in [9.17, 15) is 4.79 Å². The summed E-state index contributed by atoms with van der Waals surface area (Å²) < 4.78 is 7.41. The second-order valence-electron chi connectivity index (χ2n) is 9.34. The number of likely N-dealkylation sites (tertiary alicyclic amines) is 1. The van der Waals surface area contributed by atoms with Crippen molar-refractivity contribution in [3.63, 3.8) is 0 Å². The Morgan fingerprint density at radius 3 is 2.65 bits per heavy atom. The molecule has 182 valence electrons. The van der Waals surface area contributed by atoms with Crippen molar-refractivity contribution in [3.05, 3.63) is 24.3 Å². The molecule has 0 unspecified atom stereocenters. The number of carbonyl (C=O) groups is 1. The molecule has 2 aliphatic heterocycles. The van der Waals surface area contributed by atoms with E-state index in [0.29, 0.717) is 38.0 Å². The molecule has 5 rings (SSSR count). The number of aryl methyl sites for hydroxylation is 1. The topological polar surface area (TPSA) is 102 Å². The highest BCUT2D eigenvalue weighted by molar-refractivity contribution is 6.13. The Bertz CT molecular complexity index is 1150. The van der Waals surface area contributed by atoms with Crippen molar-refractivity contribution in [3.8, 4) is 0 Å². The standard InChI is InChI=1S/C25H35N7O2/c1-2-11-32-24(21-19-5-3-4-6-20(19)28-23(26)22(21)29-32)27-10-7-18-8-12-30(13-9-18)25(33)31-14-16-34-17-15-31/h3-6,18,27H,2,7-17H2,1H3,(H2,26,28). The van der Waals surface area contributed by atoms with Gasteiger partial charge in [0.2, 0.25) is 0 Å². The number of fused-ring (bicyclic) bond motifs is 3. The molecule has 3 aromatic rings. The summed E-state index contributed by atoms with van der Waals surface area (Å²) in [5, 5.41) is 10.6. The van der Waals surface area contributed by atoms with Crippen LogP contribution < -0.4 is 11.1 Å². The fourth-order valence-corrected chi connectivity index (χ4v) is 5.18. The van der Waals surface area contributed by atoms with Crippen LogP contribution in [0.4, 0.5) is 16.4 Å². The lowest BCUT2D eigenvalue weighted by molar-refractivity contribution is 0.0399. The molecule has 3 N–H and O–H groups in total. The van der Waals surface area contributed by atoms with Gasteiger partial charge in [-0.1, -0.05) is 25.1 Å². The smallest absolute Gasteiger partial charge is 0.320 e. The number of morpholine rings is 1. The first kappa shape index (κ1) is 22.7. The SMILES string of the molecule is CCCn1nc2c(N)nc3ccccc3c2c1NCCC1CCN(C(=O)N2CCOCC2)CC1. The van der Waals surface area contributed by atoms with E-state index in [1.54, 1.807) is 0 Å². The average Bonchev–Trinajstić information content (AvgIpc) is 3.24. The molecule has 1 aromatic carbocycles. The third-order valence-corrected chi connectivity index (χ3v) is 7.06.